The third-order valence-corrected chi connectivity index (χ3v) is 4.29. The molecule has 1 saturated heterocycles. The Balaban J connectivity index is 2.43. The van der Waals surface area contributed by atoms with Gasteiger partial charge in [-0.15, -0.1) is 0 Å². The lowest BCUT2D eigenvalue weighted by Crippen LogP contribution is -2.57. The molecule has 0 spiro atoms. The van der Waals surface area contributed by atoms with Crippen molar-refractivity contribution in [1.29, 1.82) is 0 Å². The van der Waals surface area contributed by atoms with Crippen molar-refractivity contribution >= 4 is 12.0 Å². The van der Waals surface area contributed by atoms with Gasteiger partial charge >= 0.3 is 12.0 Å². The monoisotopic (exact) mass is 285 g/mol. The number of carbonyl (C=O) groups excluding carboxylic acids is 1. The fourth-order valence-electron chi connectivity index (χ4n) is 2.60. The highest BCUT2D eigenvalue weighted by atomic mass is 16.4. The molecule has 1 aliphatic rings. The van der Waals surface area contributed by atoms with Gasteiger partial charge in [-0.25, -0.2) is 9.59 Å². The van der Waals surface area contributed by atoms with Crippen LogP contribution in [0.3, 0.4) is 0 Å². The van der Waals surface area contributed by atoms with E-state index in [0.717, 1.165) is 13.1 Å². The highest BCUT2D eigenvalue weighted by Crippen LogP contribution is 2.15. The summed E-state index contributed by atoms with van der Waals surface area (Å²) in [6, 6.07) is -0.118. The van der Waals surface area contributed by atoms with Gasteiger partial charge in [0.2, 0.25) is 0 Å². The van der Waals surface area contributed by atoms with E-state index in [-0.39, 0.29) is 6.04 Å². The number of aliphatic carboxylic acids is 1. The second kappa shape index (κ2) is 7.47. The fourth-order valence-corrected chi connectivity index (χ4v) is 2.60. The van der Waals surface area contributed by atoms with Gasteiger partial charge in [0.1, 0.15) is 5.54 Å². The number of nitrogens with one attached hydrogen (secondary N) is 2. The van der Waals surface area contributed by atoms with Gasteiger partial charge in [0.25, 0.3) is 0 Å². The smallest absolute Gasteiger partial charge is 0.329 e. The van der Waals surface area contributed by atoms with Crippen LogP contribution in [0.15, 0.2) is 0 Å². The first-order valence-corrected chi connectivity index (χ1v) is 7.48. The number of rotatable bonds is 7. The summed E-state index contributed by atoms with van der Waals surface area (Å²) in [4.78, 5) is 25.5. The molecule has 0 bridgehead atoms. The maximum atomic E-state index is 11.9. The molecular formula is C14H27N3O3. The molecule has 0 aliphatic carbocycles. The zero-order valence-electron chi connectivity index (χ0n) is 12.7. The minimum Gasteiger partial charge on any atom is -0.480 e. The van der Waals surface area contributed by atoms with Gasteiger partial charge in [0.05, 0.1) is 0 Å². The summed E-state index contributed by atoms with van der Waals surface area (Å²) in [5.41, 5.74) is -1.17. The quantitative estimate of drug-likeness (QED) is 0.660. The van der Waals surface area contributed by atoms with Crippen LogP contribution < -0.4 is 10.6 Å². The molecule has 1 atom stereocenters. The van der Waals surface area contributed by atoms with Crippen LogP contribution in [0.1, 0.15) is 46.5 Å². The number of carbonyl (C=O) groups is 2. The number of urea groups is 1. The fraction of sp³-hybridized carbons (Fsp3) is 0.857. The normalized spacial score (nSPS) is 17.8. The van der Waals surface area contributed by atoms with E-state index >= 15 is 0 Å². The summed E-state index contributed by atoms with van der Waals surface area (Å²) in [7, 11) is 0. The maximum Gasteiger partial charge on any atom is 0.329 e. The van der Waals surface area contributed by atoms with Gasteiger partial charge in [-0.05, 0) is 45.7 Å². The van der Waals surface area contributed by atoms with Crippen LogP contribution in [0.4, 0.5) is 4.79 Å². The predicted octanol–water partition coefficient (Wildman–Crippen LogP) is 1.41. The summed E-state index contributed by atoms with van der Waals surface area (Å²) in [6.45, 7) is 8.31. The molecule has 1 fully saturated rings. The molecule has 0 saturated carbocycles. The summed E-state index contributed by atoms with van der Waals surface area (Å²) < 4.78 is 0. The second-order valence-corrected chi connectivity index (χ2v) is 5.52. The topological polar surface area (TPSA) is 81.7 Å². The molecular weight excluding hydrogens is 258 g/mol. The van der Waals surface area contributed by atoms with Crippen molar-refractivity contribution in [3.05, 3.63) is 0 Å². The summed E-state index contributed by atoms with van der Waals surface area (Å²) in [6.07, 6.45) is 3.16. The van der Waals surface area contributed by atoms with E-state index in [1.54, 1.807) is 13.8 Å². The Bertz CT molecular complexity index is 337. The van der Waals surface area contributed by atoms with Gasteiger partial charge in [-0.3, -0.25) is 4.90 Å². The molecule has 1 unspecified atom stereocenters. The summed E-state index contributed by atoms with van der Waals surface area (Å²) in [5, 5.41) is 14.7. The minimum atomic E-state index is -1.17. The first kappa shape index (κ1) is 16.8. The van der Waals surface area contributed by atoms with Crippen molar-refractivity contribution in [2.24, 2.45) is 0 Å². The van der Waals surface area contributed by atoms with Crippen LogP contribution in [0.25, 0.3) is 0 Å². The summed E-state index contributed by atoms with van der Waals surface area (Å²) >= 11 is 0. The maximum absolute atomic E-state index is 11.9. The van der Waals surface area contributed by atoms with Crippen molar-refractivity contribution < 1.29 is 14.7 Å². The van der Waals surface area contributed by atoms with Crippen LogP contribution in [-0.2, 0) is 4.79 Å². The number of amides is 2. The highest BCUT2D eigenvalue weighted by molar-refractivity contribution is 5.86. The Hall–Kier alpha value is -1.30. The first-order valence-electron chi connectivity index (χ1n) is 7.48. The third kappa shape index (κ3) is 4.10. The molecule has 1 heterocycles. The molecule has 3 N–H and O–H groups in total. The van der Waals surface area contributed by atoms with E-state index in [9.17, 15) is 14.7 Å². The van der Waals surface area contributed by atoms with Crippen LogP contribution in [0.2, 0.25) is 0 Å². The molecule has 0 aromatic rings. The highest BCUT2D eigenvalue weighted by Gasteiger charge is 2.36. The van der Waals surface area contributed by atoms with E-state index < -0.39 is 17.5 Å². The Kier molecular flexibility index (Phi) is 6.26. The van der Waals surface area contributed by atoms with Crippen molar-refractivity contribution in [3.63, 3.8) is 0 Å². The predicted molar refractivity (Wildman–Crippen MR) is 77.8 cm³/mol. The van der Waals surface area contributed by atoms with Gasteiger partial charge in [-0.2, -0.15) is 0 Å². The van der Waals surface area contributed by atoms with Crippen LogP contribution in [0, 0.1) is 0 Å². The molecule has 6 heteroatoms. The van der Waals surface area contributed by atoms with Crippen molar-refractivity contribution in [2.75, 3.05) is 19.6 Å². The lowest BCUT2D eigenvalue weighted by Gasteiger charge is -2.29. The molecule has 0 aromatic heterocycles. The number of carboxylic acid groups (broad SMARTS) is 1. The SMILES string of the molecule is CCC(CC)(NC(=O)NCC(C)N1CCCC1)C(=O)O. The van der Waals surface area contributed by atoms with Crippen LogP contribution in [-0.4, -0.2) is 53.2 Å². The van der Waals surface area contributed by atoms with Gasteiger partial charge in [0.15, 0.2) is 0 Å². The number of likely N-dealkylation sites (tertiary alicyclic amines) is 1. The third-order valence-electron chi connectivity index (χ3n) is 4.29. The standard InChI is InChI=1S/C14H27N3O3/c1-4-14(5-2,12(18)19)16-13(20)15-10-11(3)17-8-6-7-9-17/h11H,4-10H2,1-3H3,(H,18,19)(H2,15,16,20). The van der Waals surface area contributed by atoms with E-state index in [2.05, 4.69) is 22.5 Å². The zero-order valence-corrected chi connectivity index (χ0v) is 12.7. The molecule has 20 heavy (non-hydrogen) atoms. The Morgan fingerprint density at radius 1 is 1.25 bits per heavy atom. The van der Waals surface area contributed by atoms with Gasteiger partial charge in [-0.1, -0.05) is 13.8 Å². The molecule has 0 radical (unpaired) electrons. The minimum absolute atomic E-state index is 0.283. The molecule has 1 rings (SSSR count). The summed E-state index contributed by atoms with van der Waals surface area (Å²) in [5.74, 6) is -0.981. The van der Waals surface area contributed by atoms with E-state index in [4.69, 9.17) is 0 Å². The van der Waals surface area contributed by atoms with Gasteiger partial charge < -0.3 is 15.7 Å². The van der Waals surface area contributed by atoms with E-state index in [1.807, 2.05) is 0 Å². The average molecular weight is 285 g/mol. The Morgan fingerprint density at radius 3 is 2.25 bits per heavy atom. The van der Waals surface area contributed by atoms with Gasteiger partial charge in [0, 0.05) is 12.6 Å². The molecule has 6 nitrogen and oxygen atoms in total. The first-order chi connectivity index (χ1) is 9.45. The molecule has 2 amide bonds. The van der Waals surface area contributed by atoms with Crippen molar-refractivity contribution in [1.82, 2.24) is 15.5 Å². The molecule has 0 aromatic carbocycles. The molecule has 116 valence electrons. The zero-order chi connectivity index (χ0) is 15.2. The Morgan fingerprint density at radius 2 is 1.80 bits per heavy atom. The molecule has 1 aliphatic heterocycles. The number of carboxylic acids is 1. The van der Waals surface area contributed by atoms with E-state index in [0.29, 0.717) is 19.4 Å². The number of hydrogen-bond donors (Lipinski definition) is 3. The van der Waals surface area contributed by atoms with Crippen LogP contribution >= 0.6 is 0 Å². The lowest BCUT2D eigenvalue weighted by molar-refractivity contribution is -0.144. The van der Waals surface area contributed by atoms with Crippen molar-refractivity contribution in [2.45, 2.75) is 58.0 Å². The number of nitrogens with zero attached hydrogens (tertiary/aromatic N) is 1. The lowest BCUT2D eigenvalue weighted by atomic mass is 9.93. The number of hydrogen-bond acceptors (Lipinski definition) is 3. The average Bonchev–Trinajstić information content (AvgIpc) is 2.96. The largest absolute Gasteiger partial charge is 0.480 e. The second-order valence-electron chi connectivity index (χ2n) is 5.52. The van der Waals surface area contributed by atoms with Crippen LogP contribution in [0.5, 0.6) is 0 Å². The van der Waals surface area contributed by atoms with Crippen molar-refractivity contribution in [3.8, 4) is 0 Å². The van der Waals surface area contributed by atoms with E-state index in [1.165, 1.54) is 12.8 Å². The Labute approximate surface area is 120 Å².